The maximum Gasteiger partial charge on any atom is 0.142 e. The van der Waals surface area contributed by atoms with Crippen LogP contribution in [0.2, 0.25) is 0 Å². The number of benzene rings is 1. The Morgan fingerprint density at radius 1 is 1.33 bits per heavy atom. The van der Waals surface area contributed by atoms with Gasteiger partial charge in [-0.05, 0) is 54.0 Å². The van der Waals surface area contributed by atoms with Crippen molar-refractivity contribution in [3.05, 3.63) is 40.0 Å². The number of anilines is 2. The number of aliphatic imine (C=N–C) groups is 1. The van der Waals surface area contributed by atoms with Crippen LogP contribution in [0, 0.1) is 5.92 Å². The number of fused-ring (bicyclic) bond motifs is 4. The average Bonchev–Trinajstić information content (AvgIpc) is 3.30. The quantitative estimate of drug-likeness (QED) is 0.724. The number of nitrogens with one attached hydrogen (secondary N) is 1. The summed E-state index contributed by atoms with van der Waals surface area (Å²) in [4.78, 5) is 15.7. The Balaban J connectivity index is 1.59. The van der Waals surface area contributed by atoms with Crippen LogP contribution in [-0.2, 0) is 19.4 Å². The zero-order valence-corrected chi connectivity index (χ0v) is 15.8. The first-order valence-electron chi connectivity index (χ1n) is 9.10. The highest BCUT2D eigenvalue weighted by Crippen LogP contribution is 2.41. The smallest absolute Gasteiger partial charge is 0.142 e. The predicted molar refractivity (Wildman–Crippen MR) is 108 cm³/mol. The van der Waals surface area contributed by atoms with E-state index in [0.29, 0.717) is 12.5 Å². The number of hydrogen-bond acceptors (Lipinski definition) is 7. The Bertz CT molecular complexity index is 1060. The zero-order chi connectivity index (χ0) is 18.4. The van der Waals surface area contributed by atoms with Crippen molar-refractivity contribution >= 4 is 39.3 Å². The van der Waals surface area contributed by atoms with Gasteiger partial charge < -0.3 is 15.2 Å². The van der Waals surface area contributed by atoms with Crippen molar-refractivity contribution in [2.24, 2.45) is 10.9 Å². The number of rotatable bonds is 4. The van der Waals surface area contributed by atoms with Crippen molar-refractivity contribution in [3.8, 4) is 5.75 Å². The Morgan fingerprint density at radius 3 is 3.11 bits per heavy atom. The van der Waals surface area contributed by atoms with Crippen molar-refractivity contribution in [1.82, 2.24) is 9.97 Å². The van der Waals surface area contributed by atoms with E-state index in [0.717, 1.165) is 52.3 Å². The molecule has 1 aromatic carbocycles. The van der Waals surface area contributed by atoms with E-state index in [1.807, 2.05) is 12.3 Å². The molecule has 1 atom stereocenters. The molecule has 2 N–H and O–H groups in total. The molecular weight excluding hydrogens is 360 g/mol. The van der Waals surface area contributed by atoms with Crippen LogP contribution in [0.4, 0.5) is 11.5 Å². The fraction of sp³-hybridized carbons (Fsp3) is 0.350. The highest BCUT2D eigenvalue weighted by atomic mass is 32.1. The summed E-state index contributed by atoms with van der Waals surface area (Å²) in [6, 6.07) is 4.11. The van der Waals surface area contributed by atoms with Crippen LogP contribution in [0.15, 0.2) is 23.5 Å². The van der Waals surface area contributed by atoms with Crippen LogP contribution in [0.5, 0.6) is 5.75 Å². The number of aliphatic hydroxyl groups is 1. The summed E-state index contributed by atoms with van der Waals surface area (Å²) in [5.41, 5.74) is 4.49. The molecule has 6 nitrogen and oxygen atoms in total. The molecule has 27 heavy (non-hydrogen) atoms. The molecule has 0 bridgehead atoms. The molecule has 7 heteroatoms. The van der Waals surface area contributed by atoms with Gasteiger partial charge >= 0.3 is 0 Å². The molecule has 2 aromatic heterocycles. The summed E-state index contributed by atoms with van der Waals surface area (Å²) < 4.78 is 5.59. The SMILES string of the molecule is COc1cc2c(cc1Nc1ncnc3sc4c(c13)CCC(CO)C4)C=NC2. The molecule has 0 radical (unpaired) electrons. The fourth-order valence-electron chi connectivity index (χ4n) is 3.96. The summed E-state index contributed by atoms with van der Waals surface area (Å²) in [6.45, 7) is 0.951. The number of nitrogens with zero attached hydrogens (tertiary/aromatic N) is 3. The van der Waals surface area contributed by atoms with Gasteiger partial charge in [-0.1, -0.05) is 0 Å². The second kappa shape index (κ2) is 6.58. The van der Waals surface area contributed by atoms with Gasteiger partial charge in [0.15, 0.2) is 0 Å². The number of aryl methyl sites for hydroxylation is 1. The summed E-state index contributed by atoms with van der Waals surface area (Å²) in [5.74, 6) is 1.95. The van der Waals surface area contributed by atoms with Gasteiger partial charge in [0.1, 0.15) is 22.7 Å². The summed E-state index contributed by atoms with van der Waals surface area (Å²) in [6.07, 6.45) is 6.39. The third kappa shape index (κ3) is 2.78. The Kier molecular flexibility index (Phi) is 4.06. The third-order valence-electron chi connectivity index (χ3n) is 5.41. The molecule has 0 saturated carbocycles. The van der Waals surface area contributed by atoms with Crippen LogP contribution in [0.3, 0.4) is 0 Å². The lowest BCUT2D eigenvalue weighted by Gasteiger charge is -2.20. The molecule has 1 aliphatic carbocycles. The van der Waals surface area contributed by atoms with E-state index in [-0.39, 0.29) is 6.61 Å². The van der Waals surface area contributed by atoms with E-state index in [1.165, 1.54) is 16.0 Å². The number of hydrogen-bond donors (Lipinski definition) is 2. The Morgan fingerprint density at radius 2 is 2.26 bits per heavy atom. The van der Waals surface area contributed by atoms with E-state index >= 15 is 0 Å². The van der Waals surface area contributed by atoms with Crippen molar-refractivity contribution in [3.63, 3.8) is 0 Å². The molecule has 3 aromatic rings. The van der Waals surface area contributed by atoms with E-state index in [1.54, 1.807) is 24.8 Å². The van der Waals surface area contributed by atoms with Crippen LogP contribution in [0.25, 0.3) is 10.2 Å². The van der Waals surface area contributed by atoms with Crippen molar-refractivity contribution in [2.75, 3.05) is 19.0 Å². The molecule has 5 rings (SSSR count). The maximum atomic E-state index is 9.52. The minimum absolute atomic E-state index is 0.248. The molecular formula is C20H20N4O2S. The molecule has 0 saturated heterocycles. The molecule has 1 aliphatic heterocycles. The Labute approximate surface area is 161 Å². The summed E-state index contributed by atoms with van der Waals surface area (Å²) in [5, 5.41) is 14.1. The summed E-state index contributed by atoms with van der Waals surface area (Å²) in [7, 11) is 1.68. The minimum atomic E-state index is 0.248. The summed E-state index contributed by atoms with van der Waals surface area (Å²) >= 11 is 1.72. The molecule has 0 spiro atoms. The zero-order valence-electron chi connectivity index (χ0n) is 15.0. The molecule has 3 heterocycles. The van der Waals surface area contributed by atoms with Crippen LogP contribution >= 0.6 is 11.3 Å². The molecule has 2 aliphatic rings. The number of thiophene rings is 1. The predicted octanol–water partition coefficient (Wildman–Crippen LogP) is 3.47. The number of aliphatic hydroxyl groups excluding tert-OH is 1. The molecule has 0 fully saturated rings. The highest BCUT2D eigenvalue weighted by Gasteiger charge is 2.25. The van der Waals surface area contributed by atoms with E-state index in [4.69, 9.17) is 4.74 Å². The highest BCUT2D eigenvalue weighted by molar-refractivity contribution is 7.19. The lowest BCUT2D eigenvalue weighted by atomic mass is 9.88. The molecule has 1 unspecified atom stereocenters. The number of methoxy groups -OCH3 is 1. The first-order chi connectivity index (χ1) is 13.3. The van der Waals surface area contributed by atoms with Gasteiger partial charge in [0, 0.05) is 17.7 Å². The van der Waals surface area contributed by atoms with Gasteiger partial charge in [-0.2, -0.15) is 0 Å². The molecule has 138 valence electrons. The third-order valence-corrected chi connectivity index (χ3v) is 6.57. The van der Waals surface area contributed by atoms with Crippen molar-refractivity contribution < 1.29 is 9.84 Å². The minimum Gasteiger partial charge on any atom is -0.495 e. The largest absolute Gasteiger partial charge is 0.495 e. The Hall–Kier alpha value is -2.51. The van der Waals surface area contributed by atoms with Gasteiger partial charge in [0.2, 0.25) is 0 Å². The van der Waals surface area contributed by atoms with E-state index < -0.39 is 0 Å². The topological polar surface area (TPSA) is 79.6 Å². The van der Waals surface area contributed by atoms with Gasteiger partial charge in [-0.15, -0.1) is 11.3 Å². The lowest BCUT2D eigenvalue weighted by Crippen LogP contribution is -2.15. The van der Waals surface area contributed by atoms with Gasteiger partial charge in [0.25, 0.3) is 0 Å². The first kappa shape index (κ1) is 16.6. The second-order valence-electron chi connectivity index (χ2n) is 7.04. The van der Waals surface area contributed by atoms with Crippen LogP contribution < -0.4 is 10.1 Å². The fourth-order valence-corrected chi connectivity index (χ4v) is 5.26. The number of ether oxygens (including phenoxy) is 1. The van der Waals surface area contributed by atoms with Crippen LogP contribution in [-0.4, -0.2) is 35.0 Å². The van der Waals surface area contributed by atoms with Gasteiger partial charge in [-0.3, -0.25) is 4.99 Å². The van der Waals surface area contributed by atoms with Gasteiger partial charge in [0.05, 0.1) is 24.7 Å². The average molecular weight is 380 g/mol. The van der Waals surface area contributed by atoms with Crippen molar-refractivity contribution in [1.29, 1.82) is 0 Å². The standard InChI is InChI=1S/C20H20N4O2S/c1-26-16-6-13-8-21-7-12(13)5-15(16)24-19-18-14-3-2-11(9-25)4-17(14)27-20(18)23-10-22-19/h5-7,10-11,25H,2-4,8-9H2,1H3,(H,22,23,24). The maximum absolute atomic E-state index is 9.52. The second-order valence-corrected chi connectivity index (χ2v) is 8.13. The first-order valence-corrected chi connectivity index (χ1v) is 9.92. The lowest BCUT2D eigenvalue weighted by molar-refractivity contribution is 0.214. The van der Waals surface area contributed by atoms with Crippen molar-refractivity contribution in [2.45, 2.75) is 25.8 Å². The van der Waals surface area contributed by atoms with Crippen LogP contribution in [0.1, 0.15) is 28.0 Å². The van der Waals surface area contributed by atoms with E-state index in [9.17, 15) is 5.11 Å². The monoisotopic (exact) mass is 380 g/mol. The molecule has 0 amide bonds. The normalized spacial score (nSPS) is 17.8. The number of aromatic nitrogens is 2. The van der Waals surface area contributed by atoms with Gasteiger partial charge in [-0.25, -0.2) is 9.97 Å². The van der Waals surface area contributed by atoms with E-state index in [2.05, 4.69) is 26.3 Å².